The summed E-state index contributed by atoms with van der Waals surface area (Å²) in [5.74, 6) is 0. The van der Waals surface area contributed by atoms with Gasteiger partial charge in [0, 0.05) is 32.9 Å². The van der Waals surface area contributed by atoms with Gasteiger partial charge in [-0.3, -0.25) is 0 Å². The third kappa shape index (κ3) is 5.04. The zero-order valence-corrected chi connectivity index (χ0v) is 28.5. The normalized spacial score (nSPS) is 12.1. The third-order valence-corrected chi connectivity index (χ3v) is 10.1. The highest BCUT2D eigenvalue weighted by atomic mass is 15.0. The van der Waals surface area contributed by atoms with Crippen molar-refractivity contribution in [3.8, 4) is 39.1 Å². The smallest absolute Gasteiger partial charge is 0.0541 e. The van der Waals surface area contributed by atoms with Gasteiger partial charge in [0.15, 0.2) is 0 Å². The molecule has 0 saturated carbocycles. The lowest BCUT2D eigenvalue weighted by Crippen LogP contribution is -1.94. The van der Waals surface area contributed by atoms with E-state index in [4.69, 9.17) is 0 Å². The summed E-state index contributed by atoms with van der Waals surface area (Å²) < 4.78 is 4.72. The lowest BCUT2D eigenvalue weighted by molar-refractivity contribution is 1.18. The van der Waals surface area contributed by atoms with Crippen LogP contribution < -0.4 is 0 Å². The first-order valence-corrected chi connectivity index (χ1v) is 17.5. The van der Waals surface area contributed by atoms with Crippen LogP contribution in [-0.2, 0) is 0 Å². The Bertz CT molecular complexity index is 2820. The number of benzene rings is 7. The SMILES string of the molecule is C=C/C=C\C(=C/C)n1c2ccccc2c2cc(-c3ccccc3-c3ccccc3-c3ccc4c(c3)c3ccccc3n4-c3ccccc3)ccc21. The average Bonchev–Trinajstić information content (AvgIpc) is 3.71. The molecule has 2 heterocycles. The van der Waals surface area contributed by atoms with Gasteiger partial charge in [-0.2, -0.15) is 0 Å². The van der Waals surface area contributed by atoms with Crippen molar-refractivity contribution < 1.29 is 0 Å². The minimum atomic E-state index is 1.12. The number of para-hydroxylation sites is 3. The summed E-state index contributed by atoms with van der Waals surface area (Å²) in [7, 11) is 0. The molecule has 0 amide bonds. The van der Waals surface area contributed by atoms with Gasteiger partial charge in [-0.15, -0.1) is 0 Å². The Morgan fingerprint density at radius 1 is 0.471 bits per heavy atom. The van der Waals surface area contributed by atoms with Crippen LogP contribution in [0.5, 0.6) is 0 Å². The van der Waals surface area contributed by atoms with Crippen LogP contribution in [0, 0.1) is 0 Å². The molecule has 0 radical (unpaired) electrons. The highest BCUT2D eigenvalue weighted by Crippen LogP contribution is 2.42. The first-order chi connectivity index (χ1) is 25.2. The van der Waals surface area contributed by atoms with Crippen LogP contribution in [0.1, 0.15) is 6.92 Å². The average molecular weight is 653 g/mol. The molecule has 0 unspecified atom stereocenters. The maximum Gasteiger partial charge on any atom is 0.0541 e. The Hall–Kier alpha value is -6.64. The fraction of sp³-hybridized carbons (Fsp3) is 0.0204. The predicted molar refractivity (Wildman–Crippen MR) is 219 cm³/mol. The molecule has 7 aromatic carbocycles. The molecule has 0 aliphatic rings. The van der Waals surface area contributed by atoms with Gasteiger partial charge >= 0.3 is 0 Å². The summed E-state index contributed by atoms with van der Waals surface area (Å²) in [6, 6.07) is 59.6. The molecule has 0 spiro atoms. The molecule has 0 atom stereocenters. The van der Waals surface area contributed by atoms with E-state index >= 15 is 0 Å². The number of nitrogens with zero attached hydrogens (tertiary/aromatic N) is 2. The second kappa shape index (κ2) is 12.7. The van der Waals surface area contributed by atoms with Gasteiger partial charge in [-0.25, -0.2) is 0 Å². The van der Waals surface area contributed by atoms with Crippen molar-refractivity contribution in [3.05, 3.63) is 195 Å². The van der Waals surface area contributed by atoms with Crippen LogP contribution in [0.25, 0.3) is 88.4 Å². The predicted octanol–water partition coefficient (Wildman–Crippen LogP) is 13.5. The van der Waals surface area contributed by atoms with E-state index in [1.807, 2.05) is 12.2 Å². The third-order valence-electron chi connectivity index (χ3n) is 10.1. The van der Waals surface area contributed by atoms with Crippen molar-refractivity contribution >= 4 is 49.3 Å². The summed E-state index contributed by atoms with van der Waals surface area (Å²) in [6.45, 7) is 5.98. The van der Waals surface area contributed by atoms with E-state index in [2.05, 4.69) is 199 Å². The van der Waals surface area contributed by atoms with Crippen LogP contribution in [0.15, 0.2) is 195 Å². The number of allylic oxidation sites excluding steroid dienone is 5. The van der Waals surface area contributed by atoms with Crippen LogP contribution in [0.4, 0.5) is 0 Å². The fourth-order valence-corrected chi connectivity index (χ4v) is 7.82. The minimum absolute atomic E-state index is 1.12. The van der Waals surface area contributed by atoms with E-state index < -0.39 is 0 Å². The molecule has 2 nitrogen and oxygen atoms in total. The lowest BCUT2D eigenvalue weighted by Gasteiger charge is -2.15. The largest absolute Gasteiger partial charge is 0.310 e. The van der Waals surface area contributed by atoms with Gasteiger partial charge in [0.2, 0.25) is 0 Å². The van der Waals surface area contributed by atoms with Crippen molar-refractivity contribution in [2.75, 3.05) is 0 Å². The quantitative estimate of drug-likeness (QED) is 0.152. The van der Waals surface area contributed by atoms with Crippen molar-refractivity contribution in [3.63, 3.8) is 0 Å². The number of hydrogen-bond acceptors (Lipinski definition) is 0. The van der Waals surface area contributed by atoms with E-state index in [-0.39, 0.29) is 0 Å². The highest BCUT2D eigenvalue weighted by Gasteiger charge is 2.18. The second-order valence-corrected chi connectivity index (χ2v) is 12.9. The molecule has 0 aliphatic heterocycles. The molecular weight excluding hydrogens is 617 g/mol. The Balaban J connectivity index is 1.21. The molecule has 9 rings (SSSR count). The maximum atomic E-state index is 3.89. The topological polar surface area (TPSA) is 9.86 Å². The van der Waals surface area contributed by atoms with Crippen LogP contribution in [0.3, 0.4) is 0 Å². The van der Waals surface area contributed by atoms with Crippen molar-refractivity contribution in [2.24, 2.45) is 0 Å². The Morgan fingerprint density at radius 3 is 1.57 bits per heavy atom. The second-order valence-electron chi connectivity index (χ2n) is 12.9. The molecule has 9 aromatic rings. The maximum absolute atomic E-state index is 3.89. The van der Waals surface area contributed by atoms with Crippen molar-refractivity contribution in [1.82, 2.24) is 9.13 Å². The van der Waals surface area contributed by atoms with Gasteiger partial charge in [0.05, 0.1) is 22.1 Å². The van der Waals surface area contributed by atoms with Gasteiger partial charge in [-0.05, 0) is 94.9 Å². The molecule has 242 valence electrons. The fourth-order valence-electron chi connectivity index (χ4n) is 7.82. The molecule has 0 fully saturated rings. The van der Waals surface area contributed by atoms with Crippen LogP contribution in [0.2, 0.25) is 0 Å². The van der Waals surface area contributed by atoms with Crippen molar-refractivity contribution in [2.45, 2.75) is 6.92 Å². The highest BCUT2D eigenvalue weighted by molar-refractivity contribution is 6.13. The molecule has 0 aliphatic carbocycles. The molecular formula is C49H36N2. The Morgan fingerprint density at radius 2 is 0.941 bits per heavy atom. The van der Waals surface area contributed by atoms with E-state index in [1.54, 1.807) is 0 Å². The number of rotatable bonds is 7. The van der Waals surface area contributed by atoms with Crippen molar-refractivity contribution in [1.29, 1.82) is 0 Å². The Kier molecular flexibility index (Phi) is 7.56. The first-order valence-electron chi connectivity index (χ1n) is 17.5. The molecule has 2 heteroatoms. The van der Waals surface area contributed by atoms with Gasteiger partial charge in [-0.1, -0.05) is 140 Å². The number of hydrogen-bond donors (Lipinski definition) is 0. The summed E-state index contributed by atoms with van der Waals surface area (Å²) >= 11 is 0. The van der Waals surface area contributed by atoms with E-state index in [9.17, 15) is 0 Å². The summed E-state index contributed by atoms with van der Waals surface area (Å²) in [5.41, 5.74) is 14.3. The van der Waals surface area contributed by atoms with Gasteiger partial charge < -0.3 is 9.13 Å². The molecule has 2 aromatic heterocycles. The summed E-state index contributed by atoms with van der Waals surface area (Å²) in [6.07, 6.45) is 8.10. The molecule has 0 bridgehead atoms. The molecule has 51 heavy (non-hydrogen) atoms. The zero-order chi connectivity index (χ0) is 34.3. The Labute approximate surface area is 298 Å². The van der Waals surface area contributed by atoms with Gasteiger partial charge in [0.25, 0.3) is 0 Å². The molecule has 0 N–H and O–H groups in total. The standard InChI is InChI=1S/C49H36N2/c1-3-5-17-36(4-2)50-46-26-15-13-24-42(46)44-32-34(28-30-48(44)50)38-20-9-11-22-40(38)41-23-12-10-21-39(41)35-29-31-49-45(33-35)43-25-14-16-27-47(43)51(49)37-18-7-6-8-19-37/h3-33H,1H2,2H3/b17-5-,36-4+. The van der Waals surface area contributed by atoms with Crippen LogP contribution >= 0.6 is 0 Å². The minimum Gasteiger partial charge on any atom is -0.310 e. The van der Waals surface area contributed by atoms with E-state index in [0.29, 0.717) is 0 Å². The molecule has 0 saturated heterocycles. The number of aromatic nitrogens is 2. The zero-order valence-electron chi connectivity index (χ0n) is 28.5. The lowest BCUT2D eigenvalue weighted by atomic mass is 9.89. The van der Waals surface area contributed by atoms with E-state index in [1.165, 1.54) is 82.7 Å². The van der Waals surface area contributed by atoms with Crippen LogP contribution in [-0.4, -0.2) is 9.13 Å². The summed E-state index contributed by atoms with van der Waals surface area (Å²) in [4.78, 5) is 0. The first kappa shape index (κ1) is 30.4. The van der Waals surface area contributed by atoms with Gasteiger partial charge in [0.1, 0.15) is 0 Å². The number of fused-ring (bicyclic) bond motifs is 6. The monoisotopic (exact) mass is 652 g/mol. The van der Waals surface area contributed by atoms with E-state index in [0.717, 1.165) is 5.70 Å². The summed E-state index contributed by atoms with van der Waals surface area (Å²) in [5, 5.41) is 4.98.